The van der Waals surface area contributed by atoms with Crippen LogP contribution in [0.15, 0.2) is 36.5 Å². The molecular weight excluding hydrogens is 451 g/mol. The van der Waals surface area contributed by atoms with Crippen molar-refractivity contribution < 1.29 is 37.8 Å². The molecule has 1 rings (SSSR count). The predicted molar refractivity (Wildman–Crippen MR) is 123 cm³/mol. The number of imide groups is 1. The smallest absolute Gasteiger partial charge is 0.338 e. The van der Waals surface area contributed by atoms with E-state index in [-0.39, 0.29) is 31.5 Å². The summed E-state index contributed by atoms with van der Waals surface area (Å²) in [4.78, 5) is 45.7. The summed E-state index contributed by atoms with van der Waals surface area (Å²) in [5, 5.41) is 2.02. The maximum Gasteiger partial charge on any atom is 0.338 e. The van der Waals surface area contributed by atoms with Crippen molar-refractivity contribution in [2.24, 2.45) is 0 Å². The van der Waals surface area contributed by atoms with E-state index in [2.05, 4.69) is 0 Å². The third kappa shape index (κ3) is 11.4. The molecule has 3 unspecified atom stereocenters. The molecule has 1 aromatic rings. The van der Waals surface area contributed by atoms with Crippen LogP contribution in [0.3, 0.4) is 0 Å². The Morgan fingerprint density at radius 3 is 2.55 bits per heavy atom. The fourth-order valence-electron chi connectivity index (χ4n) is 2.65. The Bertz CT molecular complexity index is 789. The molecule has 0 fully saturated rings. The molecule has 0 spiro atoms. The van der Waals surface area contributed by atoms with Gasteiger partial charge in [0.25, 0.3) is 5.91 Å². The Balaban J connectivity index is 2.52. The third-order valence-corrected chi connectivity index (χ3v) is 5.30. The number of carbonyl (C=O) groups excluding carboxylic acids is 3. The van der Waals surface area contributed by atoms with E-state index >= 15 is 0 Å². The molecule has 0 aromatic heterocycles. The molecule has 11 heteroatoms. The zero-order chi connectivity index (χ0) is 24.8. The zero-order valence-electron chi connectivity index (χ0n) is 19.6. The fraction of sp³-hybridized carbons (Fsp3) is 0.500. The van der Waals surface area contributed by atoms with Crippen molar-refractivity contribution in [2.75, 3.05) is 20.8 Å². The lowest BCUT2D eigenvalue weighted by Gasteiger charge is -2.27. The van der Waals surface area contributed by atoms with E-state index in [1.54, 1.807) is 56.3 Å². The molecule has 0 bridgehead atoms. The van der Waals surface area contributed by atoms with E-state index in [1.165, 1.54) is 13.2 Å². The van der Waals surface area contributed by atoms with Crippen LogP contribution in [0.5, 0.6) is 0 Å². The van der Waals surface area contributed by atoms with Gasteiger partial charge in [0.05, 0.1) is 31.0 Å². The number of nitrogens with one attached hydrogen (secondary N) is 1. The molecule has 10 nitrogen and oxygen atoms in total. The zero-order valence-corrected chi connectivity index (χ0v) is 20.5. The number of benzene rings is 1. The van der Waals surface area contributed by atoms with Crippen LogP contribution >= 0.6 is 8.60 Å². The van der Waals surface area contributed by atoms with Crippen LogP contribution in [-0.2, 0) is 34.7 Å². The molecular formula is C22H33N2O8P. The number of carbonyl (C=O) groups is 3. The Labute approximate surface area is 195 Å². The topological polar surface area (TPSA) is 124 Å². The molecule has 0 aliphatic carbocycles. The standard InChI is InChI=1S/C22H33N2O8P/c1-16(2)32-22(27)20-9-7-6-8-18(20)13-30-33(28)31-14-19(29-5)12-17(3)24(4)11-10-21(26)23-15-25/h6-11,15-17,19,28H,12-14H2,1-5H3,(H,23,25,26)/b11-10-. The molecule has 33 heavy (non-hydrogen) atoms. The molecule has 0 saturated carbocycles. The second-order valence-corrected chi connectivity index (χ2v) is 8.46. The van der Waals surface area contributed by atoms with Crippen LogP contribution in [0, 0.1) is 0 Å². The van der Waals surface area contributed by atoms with Gasteiger partial charge < -0.3 is 28.3 Å². The van der Waals surface area contributed by atoms with Gasteiger partial charge >= 0.3 is 14.6 Å². The number of methoxy groups -OCH3 is 1. The van der Waals surface area contributed by atoms with Crippen LogP contribution in [0.2, 0.25) is 0 Å². The van der Waals surface area contributed by atoms with Gasteiger partial charge in [-0.3, -0.25) is 14.9 Å². The summed E-state index contributed by atoms with van der Waals surface area (Å²) in [6.45, 7) is 5.53. The highest BCUT2D eigenvalue weighted by Crippen LogP contribution is 2.35. The summed E-state index contributed by atoms with van der Waals surface area (Å²) in [7, 11) is 1.12. The van der Waals surface area contributed by atoms with E-state index in [1.807, 2.05) is 12.2 Å². The molecule has 2 N–H and O–H groups in total. The van der Waals surface area contributed by atoms with Crippen molar-refractivity contribution in [3.05, 3.63) is 47.7 Å². The van der Waals surface area contributed by atoms with Crippen molar-refractivity contribution in [1.82, 2.24) is 10.2 Å². The molecule has 0 saturated heterocycles. The maximum absolute atomic E-state index is 12.2. The largest absolute Gasteiger partial charge is 0.459 e. The minimum Gasteiger partial charge on any atom is -0.459 e. The van der Waals surface area contributed by atoms with E-state index < -0.39 is 20.5 Å². The lowest BCUT2D eigenvalue weighted by atomic mass is 10.1. The average molecular weight is 484 g/mol. The number of nitrogens with zero attached hydrogens (tertiary/aromatic N) is 1. The van der Waals surface area contributed by atoms with Gasteiger partial charge in [0.1, 0.15) is 0 Å². The molecule has 0 heterocycles. The van der Waals surface area contributed by atoms with E-state index in [0.717, 1.165) is 0 Å². The molecule has 2 amide bonds. The van der Waals surface area contributed by atoms with Crippen molar-refractivity contribution in [2.45, 2.75) is 52.0 Å². The van der Waals surface area contributed by atoms with Crippen LogP contribution in [0.25, 0.3) is 0 Å². The highest BCUT2D eigenvalue weighted by Gasteiger charge is 2.19. The summed E-state index contributed by atoms with van der Waals surface area (Å²) in [6, 6.07) is 6.83. The molecule has 0 aliphatic heterocycles. The van der Waals surface area contributed by atoms with E-state index in [4.69, 9.17) is 18.5 Å². The van der Waals surface area contributed by atoms with Gasteiger partial charge in [-0.05, 0) is 38.8 Å². The summed E-state index contributed by atoms with van der Waals surface area (Å²) in [5.41, 5.74) is 0.952. The van der Waals surface area contributed by atoms with Gasteiger partial charge in [-0.2, -0.15) is 0 Å². The van der Waals surface area contributed by atoms with Crippen molar-refractivity contribution >= 4 is 26.9 Å². The highest BCUT2D eigenvalue weighted by atomic mass is 31.2. The lowest BCUT2D eigenvalue weighted by Crippen LogP contribution is -2.31. The van der Waals surface area contributed by atoms with Crippen molar-refractivity contribution in [1.29, 1.82) is 0 Å². The number of ether oxygens (including phenoxy) is 2. The predicted octanol–water partition coefficient (Wildman–Crippen LogP) is 2.52. The maximum atomic E-state index is 12.2. The van der Waals surface area contributed by atoms with E-state index in [9.17, 15) is 19.3 Å². The SMILES string of the molecule is COC(COP(O)OCc1ccccc1C(=O)OC(C)C)CC(C)N(C)/C=C\C(=O)NC=O. The summed E-state index contributed by atoms with van der Waals surface area (Å²) < 4.78 is 21.5. The van der Waals surface area contributed by atoms with Crippen LogP contribution in [-0.4, -0.2) is 67.1 Å². The van der Waals surface area contributed by atoms with Gasteiger partial charge in [-0.15, -0.1) is 0 Å². The Hall–Kier alpha value is -2.36. The Kier molecular flexibility index (Phi) is 13.4. The second-order valence-electron chi connectivity index (χ2n) is 7.47. The van der Waals surface area contributed by atoms with Crippen LogP contribution in [0.4, 0.5) is 0 Å². The number of hydrogen-bond donors (Lipinski definition) is 2. The van der Waals surface area contributed by atoms with Gasteiger partial charge in [0, 0.05) is 32.5 Å². The highest BCUT2D eigenvalue weighted by molar-refractivity contribution is 7.40. The van der Waals surface area contributed by atoms with Gasteiger partial charge in [0.15, 0.2) is 0 Å². The summed E-state index contributed by atoms with van der Waals surface area (Å²) in [5.74, 6) is -0.972. The van der Waals surface area contributed by atoms with Gasteiger partial charge in [0.2, 0.25) is 6.41 Å². The first-order valence-electron chi connectivity index (χ1n) is 10.4. The first kappa shape index (κ1) is 28.7. The quantitative estimate of drug-likeness (QED) is 0.167. The summed E-state index contributed by atoms with van der Waals surface area (Å²) >= 11 is 0. The molecule has 0 aliphatic rings. The number of esters is 1. The van der Waals surface area contributed by atoms with Gasteiger partial charge in [-0.25, -0.2) is 4.79 Å². The monoisotopic (exact) mass is 484 g/mol. The van der Waals surface area contributed by atoms with Crippen molar-refractivity contribution in [3.8, 4) is 0 Å². The Morgan fingerprint density at radius 2 is 1.91 bits per heavy atom. The van der Waals surface area contributed by atoms with E-state index in [0.29, 0.717) is 24.0 Å². The first-order chi connectivity index (χ1) is 15.7. The molecule has 0 radical (unpaired) electrons. The van der Waals surface area contributed by atoms with Crippen LogP contribution < -0.4 is 5.32 Å². The Morgan fingerprint density at radius 1 is 1.21 bits per heavy atom. The third-order valence-electron chi connectivity index (χ3n) is 4.58. The van der Waals surface area contributed by atoms with Crippen LogP contribution in [0.1, 0.15) is 43.1 Å². The molecule has 184 valence electrons. The molecule has 1 aromatic carbocycles. The lowest BCUT2D eigenvalue weighted by molar-refractivity contribution is -0.121. The minimum absolute atomic E-state index is 0.0178. The average Bonchev–Trinajstić information content (AvgIpc) is 2.78. The normalized spacial score (nSPS) is 14.0. The number of rotatable bonds is 15. The summed E-state index contributed by atoms with van der Waals surface area (Å²) in [6.07, 6.45) is 3.08. The number of amides is 2. The molecule has 3 atom stereocenters. The minimum atomic E-state index is -2.20. The first-order valence-corrected chi connectivity index (χ1v) is 11.5. The van der Waals surface area contributed by atoms with Crippen molar-refractivity contribution in [3.63, 3.8) is 0 Å². The second kappa shape index (κ2) is 15.5. The fourth-order valence-corrected chi connectivity index (χ4v) is 3.27. The van der Waals surface area contributed by atoms with Gasteiger partial charge in [-0.1, -0.05) is 18.2 Å². The number of hydrogen-bond acceptors (Lipinski definition) is 9.